The van der Waals surface area contributed by atoms with Gasteiger partial charge in [0.15, 0.2) is 0 Å². The molecule has 1 amide bonds. The predicted octanol–water partition coefficient (Wildman–Crippen LogP) is 1.42. The number of nitrogens with one attached hydrogen (secondary N) is 3. The molecule has 1 heterocycles. The average molecular weight is 357 g/mol. The quantitative estimate of drug-likeness (QED) is 0.300. The van der Waals surface area contributed by atoms with Crippen LogP contribution in [0.3, 0.4) is 0 Å². The van der Waals surface area contributed by atoms with Crippen molar-refractivity contribution in [2.24, 2.45) is 0 Å². The molecule has 1 aromatic heterocycles. The third-order valence-corrected chi connectivity index (χ3v) is 3.79. The number of aromatic amines is 1. The van der Waals surface area contributed by atoms with Crippen LogP contribution in [0.1, 0.15) is 15.9 Å². The van der Waals surface area contributed by atoms with Crippen molar-refractivity contribution in [2.75, 3.05) is 13.2 Å². The van der Waals surface area contributed by atoms with Crippen molar-refractivity contribution >= 4 is 34.1 Å². The molecule has 3 rings (SSSR count). The predicted molar refractivity (Wildman–Crippen MR) is 94.8 cm³/mol. The lowest BCUT2D eigenvalue weighted by Crippen LogP contribution is -2.28. The maximum atomic E-state index is 12.1. The molecule has 128 valence electrons. The lowest BCUT2D eigenvalue weighted by molar-refractivity contribution is 0.0947. The average Bonchev–Trinajstić information content (AvgIpc) is 3.12. The first-order valence-electron chi connectivity index (χ1n) is 7.43. The zero-order valence-electron chi connectivity index (χ0n) is 13.0. The van der Waals surface area contributed by atoms with Gasteiger partial charge in [-0.15, -0.1) is 5.10 Å². The molecule has 0 aliphatic rings. The van der Waals surface area contributed by atoms with E-state index in [0.29, 0.717) is 35.5 Å². The van der Waals surface area contributed by atoms with Gasteiger partial charge in [0, 0.05) is 11.1 Å². The molecule has 0 bridgehead atoms. The smallest absolute Gasteiger partial charge is 0.251 e. The summed E-state index contributed by atoms with van der Waals surface area (Å²) in [5, 5.41) is 21.8. The van der Waals surface area contributed by atoms with Gasteiger partial charge >= 0.3 is 0 Å². The first-order valence-corrected chi connectivity index (χ1v) is 7.84. The molecular formula is C16H15N5O3S. The molecule has 9 heteroatoms. The minimum Gasteiger partial charge on any atom is -0.492 e. The number of hydrogen-bond donors (Lipinski definition) is 4. The highest BCUT2D eigenvalue weighted by molar-refractivity contribution is 7.80. The molecule has 0 unspecified atom stereocenters. The van der Waals surface area contributed by atoms with Gasteiger partial charge in [-0.3, -0.25) is 20.6 Å². The van der Waals surface area contributed by atoms with Crippen LogP contribution in [0, 0.1) is 0 Å². The summed E-state index contributed by atoms with van der Waals surface area (Å²) in [5.41, 5.74) is 4.53. The van der Waals surface area contributed by atoms with Crippen LogP contribution in [0.4, 0.5) is 0 Å². The number of fused-ring (bicyclic) bond motifs is 1. The van der Waals surface area contributed by atoms with E-state index in [1.165, 1.54) is 0 Å². The van der Waals surface area contributed by atoms with Gasteiger partial charge < -0.3 is 10.1 Å². The Labute approximate surface area is 148 Å². The molecule has 0 fully saturated rings. The van der Waals surface area contributed by atoms with E-state index >= 15 is 0 Å². The summed E-state index contributed by atoms with van der Waals surface area (Å²) in [5.74, 6) is 0.436. The number of thiocarbonyl (C=S) groups is 1. The summed E-state index contributed by atoms with van der Waals surface area (Å²) in [4.78, 5) is 12.3. The zero-order chi connectivity index (χ0) is 17.6. The van der Waals surface area contributed by atoms with Gasteiger partial charge in [-0.1, -0.05) is 17.4 Å². The molecule has 0 radical (unpaired) electrons. The molecule has 0 spiro atoms. The Morgan fingerprint density at radius 1 is 1.20 bits per heavy atom. The Morgan fingerprint density at radius 3 is 2.72 bits per heavy atom. The Bertz CT molecular complexity index is 894. The summed E-state index contributed by atoms with van der Waals surface area (Å²) in [6.07, 6.45) is 0. The second kappa shape index (κ2) is 7.69. The molecule has 4 N–H and O–H groups in total. The number of hydroxylamine groups is 1. The molecular weight excluding hydrogens is 342 g/mol. The van der Waals surface area contributed by atoms with Crippen LogP contribution in [0.15, 0.2) is 42.5 Å². The van der Waals surface area contributed by atoms with Crippen molar-refractivity contribution in [3.63, 3.8) is 0 Å². The number of benzene rings is 2. The Hall–Kier alpha value is -3.04. The normalized spacial score (nSPS) is 10.4. The fraction of sp³-hybridized carbons (Fsp3) is 0.125. The zero-order valence-corrected chi connectivity index (χ0v) is 13.8. The molecule has 25 heavy (non-hydrogen) atoms. The molecule has 0 aliphatic heterocycles. The second-order valence-electron chi connectivity index (χ2n) is 5.11. The van der Waals surface area contributed by atoms with Crippen molar-refractivity contribution in [3.05, 3.63) is 53.6 Å². The number of H-pyrrole nitrogens is 1. The molecule has 2 aromatic carbocycles. The largest absolute Gasteiger partial charge is 0.492 e. The molecule has 0 aliphatic carbocycles. The standard InChI is InChI=1S/C16H15N5O3S/c22-15(11-3-6-13-14(9-11)19-21-18-13)17-7-8-24-12-4-1-10(2-5-12)16(25)20-23/h1-6,9,23H,7-8H2,(H,17,22)(H,20,25)(H,18,19,21). The topological polar surface area (TPSA) is 112 Å². The van der Waals surface area contributed by atoms with Gasteiger partial charge in [-0.25, -0.2) is 0 Å². The van der Waals surface area contributed by atoms with Gasteiger partial charge in [0.05, 0.1) is 12.1 Å². The summed E-state index contributed by atoms with van der Waals surface area (Å²) in [6.45, 7) is 0.675. The van der Waals surface area contributed by atoms with E-state index in [2.05, 4.69) is 20.7 Å². The fourth-order valence-electron chi connectivity index (χ4n) is 2.19. The minimum absolute atomic E-state index is 0.205. The van der Waals surface area contributed by atoms with Crippen LogP contribution >= 0.6 is 12.2 Å². The van der Waals surface area contributed by atoms with Gasteiger partial charge in [0.25, 0.3) is 5.91 Å². The van der Waals surface area contributed by atoms with E-state index in [9.17, 15) is 4.79 Å². The molecule has 8 nitrogen and oxygen atoms in total. The highest BCUT2D eigenvalue weighted by Gasteiger charge is 2.07. The van der Waals surface area contributed by atoms with E-state index in [1.807, 2.05) is 5.48 Å². The third kappa shape index (κ3) is 4.08. The van der Waals surface area contributed by atoms with Crippen LogP contribution in [0.25, 0.3) is 11.0 Å². The van der Waals surface area contributed by atoms with E-state index in [-0.39, 0.29) is 10.9 Å². The number of carbonyl (C=O) groups excluding carboxylic acids is 1. The maximum Gasteiger partial charge on any atom is 0.251 e. The van der Waals surface area contributed by atoms with Crippen LogP contribution < -0.4 is 15.5 Å². The molecule has 3 aromatic rings. The van der Waals surface area contributed by atoms with E-state index in [0.717, 1.165) is 5.52 Å². The lowest BCUT2D eigenvalue weighted by atomic mass is 10.2. The summed E-state index contributed by atoms with van der Waals surface area (Å²) < 4.78 is 5.55. The first kappa shape index (κ1) is 16.8. The number of rotatable bonds is 6. The first-order chi connectivity index (χ1) is 12.2. The van der Waals surface area contributed by atoms with Gasteiger partial charge in [-0.05, 0) is 42.5 Å². The number of ether oxygens (including phenoxy) is 1. The van der Waals surface area contributed by atoms with Crippen LogP contribution in [0.2, 0.25) is 0 Å². The van der Waals surface area contributed by atoms with Gasteiger partial charge in [-0.2, -0.15) is 0 Å². The Kier molecular flexibility index (Phi) is 5.17. The number of nitrogens with zero attached hydrogens (tertiary/aromatic N) is 2. The SMILES string of the molecule is O=C(NCCOc1ccc(C(=S)NO)cc1)c1ccc2[nH]nnc2c1. The van der Waals surface area contributed by atoms with Gasteiger partial charge in [0.1, 0.15) is 22.9 Å². The highest BCUT2D eigenvalue weighted by Crippen LogP contribution is 2.12. The summed E-state index contributed by atoms with van der Waals surface area (Å²) in [6, 6.07) is 12.1. The van der Waals surface area contributed by atoms with Crippen LogP contribution in [0.5, 0.6) is 5.75 Å². The van der Waals surface area contributed by atoms with Crippen molar-refractivity contribution < 1.29 is 14.7 Å². The van der Waals surface area contributed by atoms with E-state index < -0.39 is 0 Å². The van der Waals surface area contributed by atoms with Crippen LogP contribution in [-0.4, -0.2) is 44.7 Å². The number of aromatic nitrogens is 3. The highest BCUT2D eigenvalue weighted by atomic mass is 32.1. The number of carbonyl (C=O) groups is 1. The van der Waals surface area contributed by atoms with E-state index in [4.69, 9.17) is 22.2 Å². The summed E-state index contributed by atoms with van der Waals surface area (Å²) in [7, 11) is 0. The summed E-state index contributed by atoms with van der Waals surface area (Å²) >= 11 is 4.91. The van der Waals surface area contributed by atoms with Crippen molar-refractivity contribution in [2.45, 2.75) is 0 Å². The molecule has 0 atom stereocenters. The maximum absolute atomic E-state index is 12.1. The molecule has 0 saturated heterocycles. The second-order valence-corrected chi connectivity index (χ2v) is 5.52. The third-order valence-electron chi connectivity index (χ3n) is 3.46. The lowest BCUT2D eigenvalue weighted by Gasteiger charge is -2.09. The fourth-order valence-corrected chi connectivity index (χ4v) is 2.32. The monoisotopic (exact) mass is 357 g/mol. The number of hydrogen-bond acceptors (Lipinski definition) is 6. The minimum atomic E-state index is -0.205. The van der Waals surface area contributed by atoms with Crippen molar-refractivity contribution in [1.82, 2.24) is 26.2 Å². The Balaban J connectivity index is 1.47. The van der Waals surface area contributed by atoms with Crippen molar-refractivity contribution in [3.8, 4) is 5.75 Å². The molecule has 0 saturated carbocycles. The number of amides is 1. The van der Waals surface area contributed by atoms with E-state index in [1.54, 1.807) is 42.5 Å². The van der Waals surface area contributed by atoms with Crippen molar-refractivity contribution in [1.29, 1.82) is 0 Å². The van der Waals surface area contributed by atoms with Gasteiger partial charge in [0.2, 0.25) is 0 Å². The van der Waals surface area contributed by atoms with Crippen LogP contribution in [-0.2, 0) is 0 Å². The Morgan fingerprint density at radius 2 is 1.96 bits per heavy atom.